The molecule has 2 aromatic rings. The van der Waals surface area contributed by atoms with Gasteiger partial charge in [-0.25, -0.2) is 8.42 Å². The van der Waals surface area contributed by atoms with Crippen molar-refractivity contribution in [3.63, 3.8) is 0 Å². The number of para-hydroxylation sites is 1. The first kappa shape index (κ1) is 25.6. The van der Waals surface area contributed by atoms with E-state index in [0.717, 1.165) is 25.9 Å². The lowest BCUT2D eigenvalue weighted by molar-refractivity contribution is -0.385. The molecule has 1 heterocycles. The van der Waals surface area contributed by atoms with Crippen molar-refractivity contribution in [2.24, 2.45) is 5.92 Å². The van der Waals surface area contributed by atoms with Gasteiger partial charge in [-0.1, -0.05) is 39.0 Å². The Kier molecular flexibility index (Phi) is 8.27. The molecule has 0 aromatic heterocycles. The van der Waals surface area contributed by atoms with Crippen LogP contribution in [-0.4, -0.2) is 49.7 Å². The van der Waals surface area contributed by atoms with E-state index in [1.165, 1.54) is 16.4 Å². The molecule has 10 heteroatoms. The van der Waals surface area contributed by atoms with Gasteiger partial charge in [0.1, 0.15) is 0 Å². The van der Waals surface area contributed by atoms with E-state index in [2.05, 4.69) is 17.1 Å². The minimum absolute atomic E-state index is 0.0422. The van der Waals surface area contributed by atoms with Gasteiger partial charge in [0.2, 0.25) is 10.0 Å². The van der Waals surface area contributed by atoms with E-state index in [4.69, 9.17) is 0 Å². The molecule has 0 saturated carbocycles. The zero-order chi connectivity index (χ0) is 24.9. The fourth-order valence-electron chi connectivity index (χ4n) is 4.20. The number of carbonyl (C=O) groups excluding carboxylic acids is 1. The number of nitro benzene ring substituents is 1. The maximum Gasteiger partial charge on any atom is 0.274 e. The van der Waals surface area contributed by atoms with E-state index >= 15 is 0 Å². The Morgan fingerprint density at radius 2 is 1.79 bits per heavy atom. The molecule has 1 saturated heterocycles. The predicted molar refractivity (Wildman–Crippen MR) is 131 cm³/mol. The SMILES string of the molecule is CCN(CC)S(=O)(=O)c1ccc(N2CCC(C)CC2)c(C(=O)NCc2ccccc2[N+](=O)[O-])c1. The van der Waals surface area contributed by atoms with E-state index in [0.29, 0.717) is 30.3 Å². The number of amides is 1. The Balaban J connectivity index is 1.96. The molecule has 3 rings (SSSR count). The minimum atomic E-state index is -3.75. The number of nitro groups is 1. The standard InChI is InChI=1S/C24H32N4O5S/c1-4-27(5-2)34(32,33)20-10-11-23(26-14-12-18(3)13-15-26)21(16-20)24(29)25-17-19-8-6-7-9-22(19)28(30)31/h6-11,16,18H,4-5,12-15,17H2,1-3H3,(H,25,29). The average molecular weight is 489 g/mol. The molecule has 1 amide bonds. The van der Waals surface area contributed by atoms with Gasteiger partial charge in [0.15, 0.2) is 0 Å². The Labute approximate surface area is 201 Å². The summed E-state index contributed by atoms with van der Waals surface area (Å²) >= 11 is 0. The number of nitrogens with one attached hydrogen (secondary N) is 1. The zero-order valence-electron chi connectivity index (χ0n) is 19.9. The van der Waals surface area contributed by atoms with Crippen LogP contribution in [-0.2, 0) is 16.6 Å². The smallest absolute Gasteiger partial charge is 0.274 e. The average Bonchev–Trinajstić information content (AvgIpc) is 2.83. The maximum atomic E-state index is 13.3. The molecule has 34 heavy (non-hydrogen) atoms. The largest absolute Gasteiger partial charge is 0.371 e. The Morgan fingerprint density at radius 1 is 1.15 bits per heavy atom. The van der Waals surface area contributed by atoms with Crippen molar-refractivity contribution in [1.29, 1.82) is 0 Å². The van der Waals surface area contributed by atoms with Crippen molar-refractivity contribution in [3.05, 3.63) is 63.7 Å². The summed E-state index contributed by atoms with van der Waals surface area (Å²) in [6.07, 6.45) is 1.97. The molecule has 0 radical (unpaired) electrons. The van der Waals surface area contributed by atoms with E-state index in [9.17, 15) is 23.3 Å². The molecular weight excluding hydrogens is 456 g/mol. The Hall–Kier alpha value is -2.98. The second-order valence-electron chi connectivity index (χ2n) is 8.51. The number of sulfonamides is 1. The van der Waals surface area contributed by atoms with Gasteiger partial charge in [-0.3, -0.25) is 14.9 Å². The van der Waals surface area contributed by atoms with Crippen LogP contribution in [0.3, 0.4) is 0 Å². The van der Waals surface area contributed by atoms with Gasteiger partial charge in [0, 0.05) is 50.0 Å². The molecule has 1 aliphatic rings. The molecule has 0 aliphatic carbocycles. The number of piperidine rings is 1. The first-order chi connectivity index (χ1) is 16.2. The highest BCUT2D eigenvalue weighted by atomic mass is 32.2. The first-order valence-electron chi connectivity index (χ1n) is 11.6. The summed E-state index contributed by atoms with van der Waals surface area (Å²) in [6.45, 7) is 7.88. The number of hydrogen-bond acceptors (Lipinski definition) is 6. The van der Waals surface area contributed by atoms with Crippen molar-refractivity contribution in [2.75, 3.05) is 31.1 Å². The van der Waals surface area contributed by atoms with Gasteiger partial charge in [-0.15, -0.1) is 0 Å². The lowest BCUT2D eigenvalue weighted by Crippen LogP contribution is -2.35. The Morgan fingerprint density at radius 3 is 2.41 bits per heavy atom. The van der Waals surface area contributed by atoms with E-state index < -0.39 is 20.9 Å². The van der Waals surface area contributed by atoms with Crippen molar-refractivity contribution in [3.8, 4) is 0 Å². The summed E-state index contributed by atoms with van der Waals surface area (Å²) in [5, 5.41) is 14.1. The van der Waals surface area contributed by atoms with Crippen LogP contribution in [0, 0.1) is 16.0 Å². The first-order valence-corrected chi connectivity index (χ1v) is 13.0. The van der Waals surface area contributed by atoms with Crippen LogP contribution in [0.15, 0.2) is 47.4 Å². The van der Waals surface area contributed by atoms with Crippen molar-refractivity contribution < 1.29 is 18.1 Å². The van der Waals surface area contributed by atoms with Gasteiger partial charge in [-0.05, 0) is 37.0 Å². The summed E-state index contributed by atoms with van der Waals surface area (Å²) in [4.78, 5) is 26.3. The summed E-state index contributed by atoms with van der Waals surface area (Å²) in [7, 11) is -3.75. The molecule has 0 unspecified atom stereocenters. The van der Waals surface area contributed by atoms with Gasteiger partial charge >= 0.3 is 0 Å². The van der Waals surface area contributed by atoms with Crippen LogP contribution in [0.1, 0.15) is 49.5 Å². The van der Waals surface area contributed by atoms with Crippen molar-refractivity contribution in [1.82, 2.24) is 9.62 Å². The summed E-state index contributed by atoms with van der Waals surface area (Å²) in [6, 6.07) is 10.9. The van der Waals surface area contributed by atoms with Gasteiger partial charge in [-0.2, -0.15) is 4.31 Å². The maximum absolute atomic E-state index is 13.3. The molecule has 0 spiro atoms. The molecule has 0 bridgehead atoms. The van der Waals surface area contributed by atoms with Crippen molar-refractivity contribution in [2.45, 2.75) is 45.1 Å². The molecule has 1 fully saturated rings. The number of anilines is 1. The lowest BCUT2D eigenvalue weighted by Gasteiger charge is -2.33. The monoisotopic (exact) mass is 488 g/mol. The molecule has 1 aliphatic heterocycles. The number of hydrogen-bond donors (Lipinski definition) is 1. The molecular formula is C24H32N4O5S. The highest BCUT2D eigenvalue weighted by Gasteiger charge is 2.27. The van der Waals surface area contributed by atoms with E-state index in [1.54, 1.807) is 44.2 Å². The summed E-state index contributed by atoms with van der Waals surface area (Å²) in [5.41, 5.74) is 1.22. The zero-order valence-corrected chi connectivity index (χ0v) is 20.7. The molecule has 184 valence electrons. The highest BCUT2D eigenvalue weighted by Crippen LogP contribution is 2.30. The van der Waals surface area contributed by atoms with Crippen LogP contribution in [0.4, 0.5) is 11.4 Å². The van der Waals surface area contributed by atoms with Gasteiger partial charge < -0.3 is 10.2 Å². The van der Waals surface area contributed by atoms with Crippen LogP contribution >= 0.6 is 0 Å². The number of benzene rings is 2. The molecule has 2 aromatic carbocycles. The normalized spacial score (nSPS) is 14.9. The van der Waals surface area contributed by atoms with Crippen LogP contribution in [0.25, 0.3) is 0 Å². The highest BCUT2D eigenvalue weighted by molar-refractivity contribution is 7.89. The lowest BCUT2D eigenvalue weighted by atomic mass is 9.98. The molecule has 1 N–H and O–H groups in total. The van der Waals surface area contributed by atoms with Gasteiger partial charge in [0.05, 0.1) is 15.4 Å². The minimum Gasteiger partial charge on any atom is -0.371 e. The Bertz CT molecular complexity index is 1140. The van der Waals surface area contributed by atoms with E-state index in [1.807, 2.05) is 0 Å². The molecule has 0 atom stereocenters. The predicted octanol–water partition coefficient (Wildman–Crippen LogP) is 3.79. The second kappa shape index (κ2) is 11.0. The van der Waals surface area contributed by atoms with Crippen LogP contribution in [0.5, 0.6) is 0 Å². The quantitative estimate of drug-likeness (QED) is 0.424. The number of rotatable bonds is 9. The third kappa shape index (κ3) is 5.56. The summed E-state index contributed by atoms with van der Waals surface area (Å²) < 4.78 is 27.6. The topological polar surface area (TPSA) is 113 Å². The van der Waals surface area contributed by atoms with E-state index in [-0.39, 0.29) is 22.7 Å². The fraction of sp³-hybridized carbons (Fsp3) is 0.458. The summed E-state index contributed by atoms with van der Waals surface area (Å²) in [5.74, 6) is 0.123. The van der Waals surface area contributed by atoms with Crippen LogP contribution < -0.4 is 10.2 Å². The second-order valence-corrected chi connectivity index (χ2v) is 10.4. The third-order valence-electron chi connectivity index (χ3n) is 6.31. The van der Waals surface area contributed by atoms with Crippen LogP contribution in [0.2, 0.25) is 0 Å². The molecule has 9 nitrogen and oxygen atoms in total. The van der Waals surface area contributed by atoms with Gasteiger partial charge in [0.25, 0.3) is 11.6 Å². The number of nitrogens with zero attached hydrogens (tertiary/aromatic N) is 3. The third-order valence-corrected chi connectivity index (χ3v) is 8.35. The number of carbonyl (C=O) groups is 1. The van der Waals surface area contributed by atoms with Crippen molar-refractivity contribution >= 4 is 27.3 Å². The fourth-order valence-corrected chi connectivity index (χ4v) is 5.69.